The third-order valence-electron chi connectivity index (χ3n) is 3.03. The number of hydrogen-bond donors (Lipinski definition) is 1. The van der Waals surface area contributed by atoms with E-state index in [4.69, 9.17) is 21.7 Å². The summed E-state index contributed by atoms with van der Waals surface area (Å²) in [6.07, 6.45) is 3.36. The van der Waals surface area contributed by atoms with Crippen molar-refractivity contribution in [1.29, 1.82) is 0 Å². The number of rotatable bonds is 7. The van der Waals surface area contributed by atoms with Crippen LogP contribution in [0.4, 0.5) is 0 Å². The molecule has 0 unspecified atom stereocenters. The number of nitrogens with zero attached hydrogens (tertiary/aromatic N) is 3. The highest BCUT2D eigenvalue weighted by molar-refractivity contribution is 7.71. The maximum absolute atomic E-state index is 5.79. The molecule has 0 atom stereocenters. The van der Waals surface area contributed by atoms with Gasteiger partial charge >= 0.3 is 0 Å². The van der Waals surface area contributed by atoms with Crippen molar-refractivity contribution in [2.24, 2.45) is 5.10 Å². The van der Waals surface area contributed by atoms with Crippen LogP contribution in [0.1, 0.15) is 31.7 Å². The third kappa shape index (κ3) is 3.54. The SMILES string of the molecule is CCCOc1c(/C=N\n2c(CC)n[nH]c2=S)cccc1OC. The average Bonchev–Trinajstić information content (AvgIpc) is 2.91. The molecule has 7 heteroatoms. The second kappa shape index (κ2) is 7.74. The van der Waals surface area contributed by atoms with Crippen molar-refractivity contribution in [2.45, 2.75) is 26.7 Å². The van der Waals surface area contributed by atoms with Crippen LogP contribution in [0, 0.1) is 4.77 Å². The van der Waals surface area contributed by atoms with E-state index in [0.717, 1.165) is 24.2 Å². The molecule has 0 saturated carbocycles. The standard InChI is InChI=1S/C15H20N4O2S/c1-4-9-21-14-11(7-6-8-12(14)20-3)10-16-19-13(5-2)17-18-15(19)22/h6-8,10H,4-5,9H2,1-3H3,(H,18,22)/b16-10-. The highest BCUT2D eigenvalue weighted by atomic mass is 32.1. The van der Waals surface area contributed by atoms with E-state index < -0.39 is 0 Å². The number of methoxy groups -OCH3 is 1. The second-order valence-electron chi connectivity index (χ2n) is 4.58. The van der Waals surface area contributed by atoms with Gasteiger partial charge in [0.05, 0.1) is 19.9 Å². The van der Waals surface area contributed by atoms with Gasteiger partial charge in [-0.2, -0.15) is 14.9 Å². The van der Waals surface area contributed by atoms with E-state index in [1.807, 2.05) is 25.1 Å². The molecule has 0 spiro atoms. The first-order chi connectivity index (χ1) is 10.7. The normalized spacial score (nSPS) is 11.0. The lowest BCUT2D eigenvalue weighted by Crippen LogP contribution is -2.02. The molecule has 2 aromatic rings. The minimum absolute atomic E-state index is 0.465. The molecule has 6 nitrogen and oxygen atoms in total. The Morgan fingerprint density at radius 1 is 1.41 bits per heavy atom. The minimum atomic E-state index is 0.465. The molecule has 1 aromatic heterocycles. The predicted octanol–water partition coefficient (Wildman–Crippen LogP) is 3.18. The Bertz CT molecular complexity index is 706. The molecule has 1 aromatic carbocycles. The van der Waals surface area contributed by atoms with Gasteiger partial charge in [0.15, 0.2) is 17.3 Å². The molecule has 0 bridgehead atoms. The highest BCUT2D eigenvalue weighted by Gasteiger charge is 2.09. The Kier molecular flexibility index (Phi) is 5.71. The quantitative estimate of drug-likeness (QED) is 0.628. The fourth-order valence-electron chi connectivity index (χ4n) is 1.95. The van der Waals surface area contributed by atoms with Crippen LogP contribution in [0.25, 0.3) is 0 Å². The molecule has 0 saturated heterocycles. The molecular formula is C15H20N4O2S. The summed E-state index contributed by atoms with van der Waals surface area (Å²) >= 11 is 5.18. The van der Waals surface area contributed by atoms with Crippen LogP contribution >= 0.6 is 12.2 Å². The minimum Gasteiger partial charge on any atom is -0.493 e. The summed E-state index contributed by atoms with van der Waals surface area (Å²) in [6, 6.07) is 5.68. The van der Waals surface area contributed by atoms with Crippen LogP contribution in [-0.4, -0.2) is 34.8 Å². The fourth-order valence-corrected chi connectivity index (χ4v) is 2.14. The molecule has 22 heavy (non-hydrogen) atoms. The van der Waals surface area contributed by atoms with Crippen molar-refractivity contribution in [1.82, 2.24) is 14.9 Å². The van der Waals surface area contributed by atoms with Crippen LogP contribution in [0.2, 0.25) is 0 Å². The van der Waals surface area contributed by atoms with E-state index in [9.17, 15) is 0 Å². The van der Waals surface area contributed by atoms with Gasteiger partial charge in [-0.05, 0) is 30.8 Å². The molecule has 1 heterocycles. The lowest BCUT2D eigenvalue weighted by atomic mass is 10.2. The van der Waals surface area contributed by atoms with Crippen molar-refractivity contribution >= 4 is 18.4 Å². The van der Waals surface area contributed by atoms with E-state index >= 15 is 0 Å². The molecule has 1 N–H and O–H groups in total. The number of aromatic nitrogens is 3. The zero-order valence-corrected chi connectivity index (χ0v) is 13.8. The van der Waals surface area contributed by atoms with Gasteiger partial charge in [0.25, 0.3) is 0 Å². The molecule has 0 aliphatic carbocycles. The average molecular weight is 320 g/mol. The maximum atomic E-state index is 5.79. The van der Waals surface area contributed by atoms with E-state index in [0.29, 0.717) is 22.9 Å². The predicted molar refractivity (Wildman–Crippen MR) is 88.6 cm³/mol. The molecule has 2 rings (SSSR count). The lowest BCUT2D eigenvalue weighted by Gasteiger charge is -2.12. The Balaban J connectivity index is 2.37. The summed E-state index contributed by atoms with van der Waals surface area (Å²) in [5.41, 5.74) is 0.831. The molecule has 0 amide bonds. The Morgan fingerprint density at radius 2 is 2.23 bits per heavy atom. The number of aryl methyl sites for hydroxylation is 1. The van der Waals surface area contributed by atoms with Gasteiger partial charge < -0.3 is 9.47 Å². The van der Waals surface area contributed by atoms with Crippen molar-refractivity contribution in [2.75, 3.05) is 13.7 Å². The Hall–Kier alpha value is -2.15. The van der Waals surface area contributed by atoms with Crippen molar-refractivity contribution < 1.29 is 9.47 Å². The van der Waals surface area contributed by atoms with Crippen LogP contribution in [0.3, 0.4) is 0 Å². The molecule has 0 aliphatic heterocycles. The van der Waals surface area contributed by atoms with Gasteiger partial charge in [0, 0.05) is 12.0 Å². The van der Waals surface area contributed by atoms with Gasteiger partial charge in [-0.25, -0.2) is 0 Å². The molecule has 0 aliphatic rings. The van der Waals surface area contributed by atoms with Gasteiger partial charge in [-0.15, -0.1) is 0 Å². The van der Waals surface area contributed by atoms with Crippen molar-refractivity contribution in [3.05, 3.63) is 34.4 Å². The topological polar surface area (TPSA) is 64.4 Å². The Labute approximate surface area is 134 Å². The summed E-state index contributed by atoms with van der Waals surface area (Å²) < 4.78 is 13.2. The van der Waals surface area contributed by atoms with Gasteiger partial charge in [0.1, 0.15) is 0 Å². The van der Waals surface area contributed by atoms with Crippen LogP contribution < -0.4 is 9.47 Å². The highest BCUT2D eigenvalue weighted by Crippen LogP contribution is 2.30. The largest absolute Gasteiger partial charge is 0.493 e. The summed E-state index contributed by atoms with van der Waals surface area (Å²) in [5, 5.41) is 11.3. The fraction of sp³-hybridized carbons (Fsp3) is 0.400. The van der Waals surface area contributed by atoms with Gasteiger partial charge in [0.2, 0.25) is 4.77 Å². The Morgan fingerprint density at radius 3 is 2.91 bits per heavy atom. The first-order valence-electron chi connectivity index (χ1n) is 7.21. The van der Waals surface area contributed by atoms with Gasteiger partial charge in [-0.1, -0.05) is 19.9 Å². The number of H-pyrrole nitrogens is 1. The first-order valence-corrected chi connectivity index (χ1v) is 7.62. The number of benzene rings is 1. The van der Waals surface area contributed by atoms with E-state index in [-0.39, 0.29) is 0 Å². The van der Waals surface area contributed by atoms with E-state index in [1.54, 1.807) is 18.0 Å². The van der Waals surface area contributed by atoms with Crippen LogP contribution in [0.15, 0.2) is 23.3 Å². The maximum Gasteiger partial charge on any atom is 0.216 e. The number of nitrogens with one attached hydrogen (secondary N) is 1. The van der Waals surface area contributed by atoms with Crippen LogP contribution in [-0.2, 0) is 6.42 Å². The molecular weight excluding hydrogens is 300 g/mol. The van der Waals surface area contributed by atoms with Gasteiger partial charge in [-0.3, -0.25) is 5.10 Å². The zero-order valence-electron chi connectivity index (χ0n) is 13.0. The molecule has 0 fully saturated rings. The lowest BCUT2D eigenvalue weighted by molar-refractivity contribution is 0.294. The second-order valence-corrected chi connectivity index (χ2v) is 4.97. The third-order valence-corrected chi connectivity index (χ3v) is 3.29. The molecule has 118 valence electrons. The summed E-state index contributed by atoms with van der Waals surface area (Å²) in [7, 11) is 1.62. The number of hydrogen-bond acceptors (Lipinski definition) is 5. The number of ether oxygens (including phenoxy) is 2. The van der Waals surface area contributed by atoms with Crippen LogP contribution in [0.5, 0.6) is 11.5 Å². The summed E-state index contributed by atoms with van der Waals surface area (Å²) in [4.78, 5) is 0. The first kappa shape index (κ1) is 16.2. The van der Waals surface area contributed by atoms with Crippen molar-refractivity contribution in [3.63, 3.8) is 0 Å². The zero-order chi connectivity index (χ0) is 15.9. The van der Waals surface area contributed by atoms with Crippen molar-refractivity contribution in [3.8, 4) is 11.5 Å². The molecule has 0 radical (unpaired) electrons. The summed E-state index contributed by atoms with van der Waals surface area (Å²) in [5.74, 6) is 2.15. The monoisotopic (exact) mass is 320 g/mol. The van der Waals surface area contributed by atoms with E-state index in [2.05, 4.69) is 22.2 Å². The smallest absolute Gasteiger partial charge is 0.216 e. The number of aromatic amines is 1. The number of para-hydroxylation sites is 1. The summed E-state index contributed by atoms with van der Waals surface area (Å²) in [6.45, 7) is 4.67. The van der Waals surface area contributed by atoms with E-state index in [1.165, 1.54) is 0 Å².